The fraction of sp³-hybridized carbons (Fsp3) is 0.176. The first-order valence-corrected chi connectivity index (χ1v) is 7.82. The first-order chi connectivity index (χ1) is 12.5. The molecule has 0 atom stereocenters. The highest BCUT2D eigenvalue weighted by Gasteiger charge is 2.14. The second-order valence-electron chi connectivity index (χ2n) is 5.45. The molecule has 9 heteroatoms. The van der Waals surface area contributed by atoms with E-state index >= 15 is 0 Å². The van der Waals surface area contributed by atoms with E-state index in [1.54, 1.807) is 18.2 Å². The summed E-state index contributed by atoms with van der Waals surface area (Å²) in [5.41, 5.74) is 13.3. The highest BCUT2D eigenvalue weighted by Crippen LogP contribution is 2.26. The molecule has 3 rings (SSSR count). The van der Waals surface area contributed by atoms with Gasteiger partial charge in [-0.15, -0.1) is 0 Å². The van der Waals surface area contributed by atoms with Crippen LogP contribution in [0.4, 0.5) is 11.8 Å². The lowest BCUT2D eigenvalue weighted by molar-refractivity contribution is 0.0697. The van der Waals surface area contributed by atoms with E-state index in [2.05, 4.69) is 15.1 Å². The Balaban J connectivity index is 1.78. The average Bonchev–Trinajstić information content (AvgIpc) is 3.09. The third-order valence-electron chi connectivity index (χ3n) is 3.64. The smallest absolute Gasteiger partial charge is 0.335 e. The van der Waals surface area contributed by atoms with Gasteiger partial charge in [0.15, 0.2) is 17.3 Å². The van der Waals surface area contributed by atoms with Gasteiger partial charge in [0.25, 0.3) is 0 Å². The van der Waals surface area contributed by atoms with Crippen molar-refractivity contribution in [2.24, 2.45) is 0 Å². The van der Waals surface area contributed by atoms with E-state index in [0.717, 1.165) is 0 Å². The van der Waals surface area contributed by atoms with Gasteiger partial charge in [-0.2, -0.15) is 4.98 Å². The van der Waals surface area contributed by atoms with Crippen molar-refractivity contribution < 1.29 is 19.2 Å². The highest BCUT2D eigenvalue weighted by molar-refractivity contribution is 5.89. The number of aryl methyl sites for hydroxylation is 1. The lowest BCUT2D eigenvalue weighted by atomic mass is 10.1. The molecule has 0 radical (unpaired) electrons. The normalized spacial score (nSPS) is 10.7. The van der Waals surface area contributed by atoms with Crippen LogP contribution in [-0.2, 0) is 13.0 Å². The molecule has 0 saturated heterocycles. The van der Waals surface area contributed by atoms with Crippen LogP contribution in [0.2, 0.25) is 0 Å². The molecule has 0 aliphatic heterocycles. The van der Waals surface area contributed by atoms with Crippen molar-refractivity contribution in [1.82, 2.24) is 15.1 Å². The van der Waals surface area contributed by atoms with Crippen LogP contribution < -0.4 is 16.2 Å². The number of anilines is 2. The molecule has 9 nitrogen and oxygen atoms in total. The van der Waals surface area contributed by atoms with Crippen LogP contribution in [-0.4, -0.2) is 26.2 Å². The van der Waals surface area contributed by atoms with E-state index in [1.807, 2.05) is 6.92 Å². The topological polar surface area (TPSA) is 150 Å². The van der Waals surface area contributed by atoms with Gasteiger partial charge < -0.3 is 25.8 Å². The van der Waals surface area contributed by atoms with Crippen LogP contribution in [0.25, 0.3) is 11.3 Å². The largest absolute Gasteiger partial charge is 0.480 e. The minimum Gasteiger partial charge on any atom is -0.480 e. The second-order valence-corrected chi connectivity index (χ2v) is 5.45. The van der Waals surface area contributed by atoms with E-state index < -0.39 is 5.97 Å². The van der Waals surface area contributed by atoms with Gasteiger partial charge in [-0.1, -0.05) is 24.2 Å². The van der Waals surface area contributed by atoms with Crippen LogP contribution in [0, 0.1) is 0 Å². The van der Waals surface area contributed by atoms with Crippen molar-refractivity contribution in [2.75, 3.05) is 11.5 Å². The van der Waals surface area contributed by atoms with Gasteiger partial charge in [0.2, 0.25) is 5.95 Å². The van der Waals surface area contributed by atoms with Crippen LogP contribution in [0.3, 0.4) is 0 Å². The number of nitrogen functional groups attached to an aromatic ring is 2. The average molecular weight is 355 g/mol. The molecular formula is C17H17N5O4. The van der Waals surface area contributed by atoms with Gasteiger partial charge in [0.05, 0.1) is 11.3 Å². The van der Waals surface area contributed by atoms with E-state index in [1.165, 1.54) is 12.1 Å². The molecule has 134 valence electrons. The number of nitrogens with two attached hydrogens (primary N) is 2. The number of carbonyl (C=O) groups is 1. The number of ether oxygens (including phenoxy) is 1. The standard InChI is InChI=1S/C17H17N5O4/c1-2-12-14(15(18)21-17(19)20-12)25-8-11-7-13(22-26-11)9-4-3-5-10(6-9)16(23)24/h3-7H,2,8H2,1H3,(H,23,24)(H4,18,19,20,21). The summed E-state index contributed by atoms with van der Waals surface area (Å²) in [6, 6.07) is 8.08. The Kier molecular flexibility index (Phi) is 4.70. The van der Waals surface area contributed by atoms with Crippen molar-refractivity contribution in [3.63, 3.8) is 0 Å². The summed E-state index contributed by atoms with van der Waals surface area (Å²) in [6.07, 6.45) is 0.579. The molecule has 1 aromatic carbocycles. The Labute approximate surface area is 148 Å². The summed E-state index contributed by atoms with van der Waals surface area (Å²) in [6.45, 7) is 1.96. The minimum absolute atomic E-state index is 0.0656. The number of aromatic nitrogens is 3. The zero-order valence-corrected chi connectivity index (χ0v) is 14.0. The number of benzene rings is 1. The van der Waals surface area contributed by atoms with E-state index in [0.29, 0.717) is 34.9 Å². The molecule has 2 heterocycles. The molecule has 0 aliphatic carbocycles. The van der Waals surface area contributed by atoms with Crippen molar-refractivity contribution in [2.45, 2.75) is 20.0 Å². The minimum atomic E-state index is -1.01. The highest BCUT2D eigenvalue weighted by atomic mass is 16.5. The maximum Gasteiger partial charge on any atom is 0.335 e. The van der Waals surface area contributed by atoms with E-state index in [-0.39, 0.29) is 23.9 Å². The summed E-state index contributed by atoms with van der Waals surface area (Å²) in [4.78, 5) is 19.1. The Bertz CT molecular complexity index is 954. The molecule has 2 aromatic heterocycles. The number of rotatable bonds is 6. The molecule has 26 heavy (non-hydrogen) atoms. The Morgan fingerprint density at radius 3 is 2.81 bits per heavy atom. The molecule has 0 bridgehead atoms. The molecule has 0 amide bonds. The predicted octanol–water partition coefficient (Wildman–Crippen LogP) is 2.14. The Morgan fingerprint density at radius 2 is 2.08 bits per heavy atom. The molecule has 0 aliphatic rings. The van der Waals surface area contributed by atoms with Gasteiger partial charge in [-0.05, 0) is 18.6 Å². The number of hydrogen-bond donors (Lipinski definition) is 3. The van der Waals surface area contributed by atoms with Crippen LogP contribution >= 0.6 is 0 Å². The number of aromatic carboxylic acids is 1. The van der Waals surface area contributed by atoms with Crippen LogP contribution in [0.5, 0.6) is 5.75 Å². The molecule has 0 spiro atoms. The fourth-order valence-corrected chi connectivity index (χ4v) is 2.40. The number of hydrogen-bond acceptors (Lipinski definition) is 8. The number of nitrogens with zero attached hydrogens (tertiary/aromatic N) is 3. The first kappa shape index (κ1) is 17.2. The summed E-state index contributed by atoms with van der Waals surface area (Å²) < 4.78 is 10.9. The second kappa shape index (κ2) is 7.09. The quantitative estimate of drug-likeness (QED) is 0.604. The monoisotopic (exact) mass is 355 g/mol. The summed E-state index contributed by atoms with van der Waals surface area (Å²) in [7, 11) is 0. The predicted molar refractivity (Wildman–Crippen MR) is 93.5 cm³/mol. The zero-order chi connectivity index (χ0) is 18.7. The SMILES string of the molecule is CCc1nc(N)nc(N)c1OCc1cc(-c2cccc(C(=O)O)c2)no1. The summed E-state index contributed by atoms with van der Waals surface area (Å²) in [5.74, 6) is 0.0339. The van der Waals surface area contributed by atoms with Gasteiger partial charge in [-0.3, -0.25) is 0 Å². The Hall–Kier alpha value is -3.62. The maximum atomic E-state index is 11.1. The van der Waals surface area contributed by atoms with Gasteiger partial charge >= 0.3 is 5.97 Å². The van der Waals surface area contributed by atoms with Crippen LogP contribution in [0.15, 0.2) is 34.9 Å². The van der Waals surface area contributed by atoms with E-state index in [9.17, 15) is 4.79 Å². The molecule has 3 aromatic rings. The molecule has 5 N–H and O–H groups in total. The molecule has 0 saturated carbocycles. The summed E-state index contributed by atoms with van der Waals surface area (Å²) >= 11 is 0. The van der Waals surface area contributed by atoms with Crippen molar-refractivity contribution in [3.05, 3.63) is 47.3 Å². The number of carboxylic acids is 1. The first-order valence-electron chi connectivity index (χ1n) is 7.82. The van der Waals surface area contributed by atoms with Crippen molar-refractivity contribution in [1.29, 1.82) is 0 Å². The van der Waals surface area contributed by atoms with Crippen molar-refractivity contribution in [3.8, 4) is 17.0 Å². The molecule has 0 unspecified atom stereocenters. The lowest BCUT2D eigenvalue weighted by Gasteiger charge is -2.10. The third-order valence-corrected chi connectivity index (χ3v) is 3.64. The van der Waals surface area contributed by atoms with Gasteiger partial charge in [0, 0.05) is 11.6 Å². The van der Waals surface area contributed by atoms with Crippen LogP contribution in [0.1, 0.15) is 28.7 Å². The molecule has 0 fully saturated rings. The van der Waals surface area contributed by atoms with Gasteiger partial charge in [-0.25, -0.2) is 9.78 Å². The fourth-order valence-electron chi connectivity index (χ4n) is 2.40. The third kappa shape index (κ3) is 3.56. The summed E-state index contributed by atoms with van der Waals surface area (Å²) in [5, 5.41) is 13.0. The maximum absolute atomic E-state index is 11.1. The zero-order valence-electron chi connectivity index (χ0n) is 14.0. The van der Waals surface area contributed by atoms with Gasteiger partial charge in [0.1, 0.15) is 12.3 Å². The lowest BCUT2D eigenvalue weighted by Crippen LogP contribution is -2.08. The number of carboxylic acid groups (broad SMARTS) is 1. The van der Waals surface area contributed by atoms with E-state index in [4.69, 9.17) is 25.8 Å². The molecular weight excluding hydrogens is 338 g/mol. The van der Waals surface area contributed by atoms with Crippen molar-refractivity contribution >= 4 is 17.7 Å². The Morgan fingerprint density at radius 1 is 1.27 bits per heavy atom.